The van der Waals surface area contributed by atoms with E-state index in [1.165, 1.54) is 149 Å². The Morgan fingerprint density at radius 1 is 0.344 bits per heavy atom. The summed E-state index contributed by atoms with van der Waals surface area (Å²) < 4.78 is 7.94. The van der Waals surface area contributed by atoms with Crippen molar-refractivity contribution in [1.82, 2.24) is 0 Å². The average molecular weight is 1230 g/mol. The Balaban J connectivity index is 1.02. The second kappa shape index (κ2) is 19.6. The largest absolute Gasteiger partial charge is 0.468 e. The maximum atomic E-state index is 7.94. The maximum absolute atomic E-state index is 7.94. The summed E-state index contributed by atoms with van der Waals surface area (Å²) in [5.74, 6) is 0. The third-order valence-corrected chi connectivity index (χ3v) is 26.1. The smallest absolute Gasteiger partial charge is 0.297 e. The van der Waals surface area contributed by atoms with Crippen LogP contribution in [0.4, 0.5) is 51.2 Å². The molecule has 0 unspecified atom stereocenters. The molecule has 0 saturated carbocycles. The normalized spacial score (nSPS) is 22.1. The van der Waals surface area contributed by atoms with Crippen LogP contribution in [0.15, 0.2) is 120 Å². The van der Waals surface area contributed by atoms with Gasteiger partial charge < -0.3 is 19.1 Å². The van der Waals surface area contributed by atoms with Crippen LogP contribution in [0.3, 0.4) is 0 Å². The highest BCUT2D eigenvalue weighted by molar-refractivity contribution is 7.00. The van der Waals surface area contributed by atoms with E-state index in [-0.39, 0.29) is 66.3 Å². The molecule has 0 amide bonds. The molecule has 484 valence electrons. The van der Waals surface area contributed by atoms with E-state index in [0.29, 0.717) is 0 Å². The summed E-state index contributed by atoms with van der Waals surface area (Å²) in [5, 5.41) is 1.20. The highest BCUT2D eigenvalue weighted by atomic mass is 16.3. The minimum atomic E-state index is -0.183. The van der Waals surface area contributed by atoms with Crippen LogP contribution in [-0.2, 0) is 59.6 Å². The molecule has 7 aliphatic rings. The predicted molar refractivity (Wildman–Crippen MR) is 400 cm³/mol. The quantitative estimate of drug-likeness (QED) is 0.160. The van der Waals surface area contributed by atoms with Crippen LogP contribution in [0.1, 0.15) is 285 Å². The summed E-state index contributed by atoms with van der Waals surface area (Å²) in [7, 11) is 0. The summed E-state index contributed by atoms with van der Waals surface area (Å²) in [6.07, 6.45) is 11.6. The van der Waals surface area contributed by atoms with Crippen molar-refractivity contribution in [3.8, 4) is 0 Å². The number of hydrogen-bond acceptors (Lipinski definition) is 4. The first-order valence-electron chi connectivity index (χ1n) is 36.1. The van der Waals surface area contributed by atoms with E-state index in [0.717, 1.165) is 54.7 Å². The number of benzene rings is 7. The van der Waals surface area contributed by atoms with Gasteiger partial charge in [-0.1, -0.05) is 184 Å². The molecule has 0 atom stereocenters. The van der Waals surface area contributed by atoms with Gasteiger partial charge in [0, 0.05) is 50.9 Å². The van der Waals surface area contributed by atoms with Crippen LogP contribution in [0.25, 0.3) is 11.0 Å². The molecule has 0 radical (unpaired) electrons. The van der Waals surface area contributed by atoms with Crippen molar-refractivity contribution in [3.05, 3.63) is 176 Å². The first-order valence-corrected chi connectivity index (χ1v) is 36.1. The SMILES string of the molecule is CC(C)(C)c1cc2c3c(c1)N(c1ccc(N(c4ccc5c(c4)C(C)(C)CCC5(C)C)c4ccc5c(c4)C(C)(C)CCC5(C)C)cc1)c1c(oc4cc5c(cc14)C(C)(C)CCC5(C)C)B3c1cc3c(cc1N2c1ccc2c(c1)C(C)(C)CCC2(C)C)C(C)(C)CCC3(C)C. The van der Waals surface area contributed by atoms with Gasteiger partial charge in [0.15, 0.2) is 0 Å². The summed E-state index contributed by atoms with van der Waals surface area (Å²) in [5.41, 5.74) is 32.0. The fourth-order valence-electron chi connectivity index (χ4n) is 18.9. The van der Waals surface area contributed by atoms with Crippen LogP contribution >= 0.6 is 0 Å². The molecule has 0 saturated heterocycles. The summed E-state index contributed by atoms with van der Waals surface area (Å²) in [4.78, 5) is 7.99. The molecule has 3 heterocycles. The zero-order valence-electron chi connectivity index (χ0n) is 61.4. The van der Waals surface area contributed by atoms with E-state index in [4.69, 9.17) is 4.42 Å². The molecule has 5 aliphatic carbocycles. The first-order chi connectivity index (χ1) is 43.1. The summed E-state index contributed by atoms with van der Waals surface area (Å²) in [6, 6.07) is 48.0. The Kier molecular flexibility index (Phi) is 13.2. The highest BCUT2D eigenvalue weighted by Gasteiger charge is 2.51. The van der Waals surface area contributed by atoms with E-state index in [9.17, 15) is 0 Å². The van der Waals surface area contributed by atoms with Gasteiger partial charge in [0.25, 0.3) is 6.71 Å². The van der Waals surface area contributed by atoms with Gasteiger partial charge in [-0.15, -0.1) is 0 Å². The average Bonchev–Trinajstić information content (AvgIpc) is 1.67. The minimum absolute atomic E-state index is 0.00124. The molecule has 7 aromatic carbocycles. The molecule has 0 spiro atoms. The number of furan rings is 1. The van der Waals surface area contributed by atoms with E-state index in [1.54, 1.807) is 0 Å². The lowest BCUT2D eigenvalue weighted by atomic mass is 9.35. The number of rotatable bonds is 5. The zero-order valence-corrected chi connectivity index (χ0v) is 61.4. The Bertz CT molecular complexity index is 4380. The lowest BCUT2D eigenvalue weighted by Gasteiger charge is -2.47. The fraction of sp³-hybridized carbons (Fsp3) is 0.500. The van der Waals surface area contributed by atoms with Crippen molar-refractivity contribution in [3.63, 3.8) is 0 Å². The summed E-state index contributed by atoms with van der Waals surface area (Å²) in [6.45, 7) is 56.6. The Labute approximate surface area is 560 Å². The summed E-state index contributed by atoms with van der Waals surface area (Å²) >= 11 is 0. The zero-order chi connectivity index (χ0) is 66.5. The van der Waals surface area contributed by atoms with Crippen molar-refractivity contribution in [2.45, 2.75) is 283 Å². The van der Waals surface area contributed by atoms with Gasteiger partial charge in [-0.3, -0.25) is 0 Å². The van der Waals surface area contributed by atoms with Gasteiger partial charge in [-0.05, 0) is 287 Å². The Hall–Kier alpha value is -6.46. The van der Waals surface area contributed by atoms with Crippen molar-refractivity contribution in [1.29, 1.82) is 0 Å². The van der Waals surface area contributed by atoms with Crippen LogP contribution in [0, 0.1) is 0 Å². The third-order valence-electron chi connectivity index (χ3n) is 26.1. The van der Waals surface area contributed by atoms with E-state index >= 15 is 0 Å². The third kappa shape index (κ3) is 9.44. The van der Waals surface area contributed by atoms with Crippen molar-refractivity contribution >= 4 is 85.5 Å². The molecule has 0 N–H and O–H groups in total. The lowest BCUT2D eigenvalue weighted by molar-refractivity contribution is 0.332. The van der Waals surface area contributed by atoms with E-state index in [1.807, 2.05) is 0 Å². The molecule has 93 heavy (non-hydrogen) atoms. The molecule has 0 fully saturated rings. The van der Waals surface area contributed by atoms with Gasteiger partial charge >= 0.3 is 0 Å². The van der Waals surface area contributed by atoms with E-state index in [2.05, 4.69) is 289 Å². The van der Waals surface area contributed by atoms with Crippen LogP contribution in [-0.4, -0.2) is 6.71 Å². The van der Waals surface area contributed by atoms with E-state index < -0.39 is 0 Å². The van der Waals surface area contributed by atoms with Gasteiger partial charge in [-0.25, -0.2) is 0 Å². The van der Waals surface area contributed by atoms with Gasteiger partial charge in [0.2, 0.25) is 0 Å². The molecule has 2 aliphatic heterocycles. The van der Waals surface area contributed by atoms with Crippen LogP contribution in [0.2, 0.25) is 0 Å². The Morgan fingerprint density at radius 3 is 1.15 bits per heavy atom. The molecule has 15 rings (SSSR count). The first kappa shape index (κ1) is 62.6. The number of nitrogens with zero attached hydrogens (tertiary/aromatic N) is 3. The lowest BCUT2D eigenvalue weighted by Crippen LogP contribution is -2.61. The maximum Gasteiger partial charge on any atom is 0.297 e. The van der Waals surface area contributed by atoms with Crippen molar-refractivity contribution < 1.29 is 4.42 Å². The number of hydrogen-bond donors (Lipinski definition) is 0. The molecule has 4 nitrogen and oxygen atoms in total. The molecular formula is C88H108BN3O. The molecule has 1 aromatic heterocycles. The number of anilines is 9. The fourth-order valence-corrected chi connectivity index (χ4v) is 18.9. The minimum Gasteiger partial charge on any atom is -0.468 e. The topological polar surface area (TPSA) is 22.9 Å². The van der Waals surface area contributed by atoms with Crippen molar-refractivity contribution in [2.75, 3.05) is 14.7 Å². The van der Waals surface area contributed by atoms with Crippen molar-refractivity contribution in [2.24, 2.45) is 0 Å². The molecule has 5 heteroatoms. The second-order valence-electron chi connectivity index (χ2n) is 38.3. The molecular weight excluding hydrogens is 1130 g/mol. The van der Waals surface area contributed by atoms with Gasteiger partial charge in [-0.2, -0.15) is 0 Å². The standard InChI is InChI=1S/C88H108BN3O/c1-78(2,3)53-44-72-75-73(45-53)92(55-26-24-54(25-27-55)90(56-28-31-60-63(46-56)82(10,11)37-34-79(60,4)5)57-29-32-61-64(47-57)83(12,13)38-35-80(61,6)7)76-59-49-66-69(88(22,23)43-40-85(66,16)17)52-74(59)93-77(76)89(75)70-50-67-68(87(20,21)42-41-86(67,18)19)51-71(70)91(72)58-30-33-62-65(48-58)84(14,15)39-36-81(62,8)9/h24-33,44-52H,34-43H2,1-23H3. The van der Waals surface area contributed by atoms with Crippen LogP contribution < -0.4 is 31.3 Å². The highest BCUT2D eigenvalue weighted by Crippen LogP contribution is 2.58. The van der Waals surface area contributed by atoms with Crippen LogP contribution in [0.5, 0.6) is 0 Å². The number of fused-ring (bicyclic) bond motifs is 11. The van der Waals surface area contributed by atoms with Gasteiger partial charge in [0.1, 0.15) is 5.58 Å². The molecule has 8 aromatic rings. The monoisotopic (exact) mass is 1230 g/mol. The van der Waals surface area contributed by atoms with Gasteiger partial charge in [0.05, 0.1) is 11.3 Å². The predicted octanol–water partition coefficient (Wildman–Crippen LogP) is 23.0. The molecule has 0 bridgehead atoms. The second-order valence-corrected chi connectivity index (χ2v) is 38.3. The Morgan fingerprint density at radius 2 is 0.699 bits per heavy atom.